The van der Waals surface area contributed by atoms with E-state index >= 15 is 0 Å². The van der Waals surface area contributed by atoms with Crippen LogP contribution in [0.25, 0.3) is 0 Å². The minimum absolute atomic E-state index is 0.0756. The predicted octanol–water partition coefficient (Wildman–Crippen LogP) is 1.89. The predicted molar refractivity (Wildman–Crippen MR) is 105 cm³/mol. The molecule has 0 bridgehead atoms. The minimum Gasteiger partial charge on any atom is -0.427 e. The molecule has 0 aliphatic carbocycles. The van der Waals surface area contributed by atoms with Gasteiger partial charge in [-0.3, -0.25) is 0 Å². The molecule has 6 nitrogen and oxygen atoms in total. The molecular weight excluding hydrogens is 352 g/mol. The van der Waals surface area contributed by atoms with Crippen LogP contribution in [0.5, 0.6) is 0 Å². The maximum absolute atomic E-state index is 8.30. The Morgan fingerprint density at radius 3 is 0.773 bits per heavy atom. The van der Waals surface area contributed by atoms with Gasteiger partial charge in [0.1, 0.15) is 0 Å². The smallest absolute Gasteiger partial charge is 0.427 e. The summed E-state index contributed by atoms with van der Waals surface area (Å²) in [5.41, 5.74) is 0. The van der Waals surface area contributed by atoms with Gasteiger partial charge in [0.25, 0.3) is 0 Å². The van der Waals surface area contributed by atoms with Gasteiger partial charge in [-0.15, -0.1) is 0 Å². The van der Waals surface area contributed by atoms with Crippen LogP contribution in [0.2, 0.25) is 52.4 Å². The summed E-state index contributed by atoms with van der Waals surface area (Å²) in [6, 6.07) is 0. The molecule has 0 aromatic heterocycles. The molecule has 10 heteroatoms. The molecule has 140 valence electrons. The maximum Gasteiger partial charge on any atom is 0.491 e. The zero-order valence-electron chi connectivity index (χ0n) is 16.7. The molecule has 0 spiro atoms. The first-order valence-corrected chi connectivity index (χ1v) is 18.3. The summed E-state index contributed by atoms with van der Waals surface area (Å²) in [5, 5.41) is 0. The quantitative estimate of drug-likeness (QED) is 0.711. The fourth-order valence-electron chi connectivity index (χ4n) is 0. The van der Waals surface area contributed by atoms with Crippen LogP contribution in [0.1, 0.15) is 0 Å². The summed E-state index contributed by atoms with van der Waals surface area (Å²) in [7, 11) is 1.08. The van der Waals surface area contributed by atoms with Crippen molar-refractivity contribution in [3.63, 3.8) is 0 Å². The van der Waals surface area contributed by atoms with Gasteiger partial charge in [0.2, 0.25) is 0 Å². The molecule has 0 unspecified atom stereocenters. The molecule has 0 aliphatic heterocycles. The van der Waals surface area contributed by atoms with Crippen molar-refractivity contribution in [1.82, 2.24) is 0 Å². The van der Waals surface area contributed by atoms with Crippen LogP contribution in [0.3, 0.4) is 0 Å². The van der Waals surface area contributed by atoms with Crippen molar-refractivity contribution in [3.8, 4) is 0 Å². The first-order valence-electron chi connectivity index (χ1n) is 7.19. The van der Waals surface area contributed by atoms with E-state index in [1.807, 2.05) is 0 Å². The van der Waals surface area contributed by atoms with E-state index in [1.54, 1.807) is 21.3 Å². The van der Waals surface area contributed by atoms with Gasteiger partial charge in [-0.1, -0.05) is 6.55 Å². The largest absolute Gasteiger partial charge is 0.491 e. The summed E-state index contributed by atoms with van der Waals surface area (Å²) in [6.45, 7) is 16.3. The summed E-state index contributed by atoms with van der Waals surface area (Å²) in [4.78, 5) is 16.6. The van der Waals surface area contributed by atoms with Gasteiger partial charge >= 0.3 is 8.80 Å². The molecule has 0 saturated heterocycles. The van der Waals surface area contributed by atoms with Crippen molar-refractivity contribution >= 4 is 35.2 Å². The van der Waals surface area contributed by atoms with Crippen molar-refractivity contribution in [3.05, 3.63) is 0 Å². The summed E-state index contributed by atoms with van der Waals surface area (Å²) in [5.74, 6) is 0. The van der Waals surface area contributed by atoms with Crippen molar-refractivity contribution in [2.75, 3.05) is 28.4 Å². The van der Waals surface area contributed by atoms with Crippen LogP contribution in [-0.2, 0) is 17.7 Å². The molecule has 0 fully saturated rings. The second-order valence-corrected chi connectivity index (χ2v) is 19.0. The van der Waals surface area contributed by atoms with Crippen molar-refractivity contribution in [1.29, 1.82) is 0 Å². The molecule has 0 heterocycles. The molecule has 0 aromatic carbocycles. The molecule has 2 N–H and O–H groups in total. The van der Waals surface area contributed by atoms with Crippen LogP contribution in [-0.4, -0.2) is 73.2 Å². The Labute approximate surface area is 143 Å². The lowest BCUT2D eigenvalue weighted by atomic mass is 11.8. The van der Waals surface area contributed by atoms with E-state index < -0.39 is 25.4 Å². The number of rotatable bonds is 4. The van der Waals surface area contributed by atoms with E-state index in [2.05, 4.69) is 54.7 Å². The van der Waals surface area contributed by atoms with Gasteiger partial charge < -0.3 is 27.3 Å². The highest BCUT2D eigenvalue weighted by molar-refractivity contribution is 6.70. The van der Waals surface area contributed by atoms with Gasteiger partial charge in [0.05, 0.1) is 0 Å². The van der Waals surface area contributed by atoms with Crippen LogP contribution in [0.4, 0.5) is 0 Å². The summed E-state index contributed by atoms with van der Waals surface area (Å²) >= 11 is 0. The molecule has 22 heavy (non-hydrogen) atoms. The van der Waals surface area contributed by atoms with E-state index in [1.165, 1.54) is 13.7 Å². The SMILES string of the molecule is CO[SiH2]C.CO[Si](C)(C)C.CO[Si](C)(C)C.CO[Si](C)(O)O. The Hall–Kier alpha value is 0.628. The normalized spacial score (nSPS) is 11.7. The van der Waals surface area contributed by atoms with E-state index in [0.717, 1.165) is 0 Å². The minimum atomic E-state index is -3.13. The summed E-state index contributed by atoms with van der Waals surface area (Å²) < 4.78 is 19.0. The molecule has 0 atom stereocenters. The standard InChI is InChI=1S/2C4H12OSi.C2H8O3Si.C2H8OSi/c3*1-5-6(2,3)4;1-3-4-2/h2*1-4H3;3-4H,1-2H3;4H2,1-2H3. The fraction of sp³-hybridized carbons (Fsp3) is 1.00. The van der Waals surface area contributed by atoms with Crippen molar-refractivity contribution in [2.45, 2.75) is 52.4 Å². The Morgan fingerprint density at radius 1 is 0.636 bits per heavy atom. The fourth-order valence-corrected chi connectivity index (χ4v) is 0. The monoisotopic (exact) mass is 392 g/mol. The highest BCUT2D eigenvalue weighted by atomic mass is 28.4. The van der Waals surface area contributed by atoms with Crippen molar-refractivity contribution in [2.24, 2.45) is 0 Å². The second kappa shape index (κ2) is 16.5. The van der Waals surface area contributed by atoms with Gasteiger partial charge in [0.15, 0.2) is 26.4 Å². The molecule has 0 amide bonds. The molecular formula is C12H40O6Si4. The third-order valence-corrected chi connectivity index (χ3v) is 5.70. The van der Waals surface area contributed by atoms with Gasteiger partial charge in [-0.05, 0) is 39.3 Å². The van der Waals surface area contributed by atoms with Crippen LogP contribution in [0, 0.1) is 0 Å². The average Bonchev–Trinajstić information content (AvgIpc) is 2.38. The van der Waals surface area contributed by atoms with E-state index in [0.29, 0.717) is 0 Å². The average molecular weight is 393 g/mol. The van der Waals surface area contributed by atoms with Crippen LogP contribution < -0.4 is 0 Å². The first-order chi connectivity index (χ1) is 9.60. The van der Waals surface area contributed by atoms with Crippen LogP contribution >= 0.6 is 0 Å². The Balaban J connectivity index is -0.0000000994. The maximum atomic E-state index is 8.30. The van der Waals surface area contributed by atoms with E-state index in [-0.39, 0.29) is 9.76 Å². The highest BCUT2D eigenvalue weighted by Gasteiger charge is 2.20. The van der Waals surface area contributed by atoms with E-state index in [4.69, 9.17) is 18.4 Å². The van der Waals surface area contributed by atoms with Gasteiger partial charge in [-0.2, -0.15) is 0 Å². The molecule has 0 rings (SSSR count). The zero-order valence-corrected chi connectivity index (χ0v) is 21.1. The lowest BCUT2D eigenvalue weighted by molar-refractivity contribution is 0.194. The third-order valence-electron chi connectivity index (χ3n) is 1.90. The summed E-state index contributed by atoms with van der Waals surface area (Å²) in [6.07, 6.45) is 0. The lowest BCUT2D eigenvalue weighted by Gasteiger charge is -2.10. The molecule has 0 saturated carbocycles. The van der Waals surface area contributed by atoms with E-state index in [9.17, 15) is 0 Å². The second-order valence-electron chi connectivity index (χ2n) is 6.35. The Kier molecular flexibility index (Phi) is 22.9. The number of hydrogen-bond acceptors (Lipinski definition) is 6. The van der Waals surface area contributed by atoms with Crippen molar-refractivity contribution < 1.29 is 27.3 Å². The molecule has 0 radical (unpaired) electrons. The Morgan fingerprint density at radius 2 is 0.773 bits per heavy atom. The Bertz CT molecular complexity index is 176. The topological polar surface area (TPSA) is 77.4 Å². The molecule has 0 aliphatic rings. The van der Waals surface area contributed by atoms with Crippen LogP contribution in [0.15, 0.2) is 0 Å². The number of hydrogen-bond donors (Lipinski definition) is 2. The lowest BCUT2D eigenvalue weighted by Crippen LogP contribution is -2.32. The highest BCUT2D eigenvalue weighted by Crippen LogP contribution is 1.98. The first kappa shape index (κ1) is 30.5. The zero-order chi connectivity index (χ0) is 19.0. The third kappa shape index (κ3) is 70.4. The van der Waals surface area contributed by atoms with Gasteiger partial charge in [-0.25, -0.2) is 0 Å². The van der Waals surface area contributed by atoms with Gasteiger partial charge in [0, 0.05) is 35.0 Å². The molecule has 0 aromatic rings.